The normalized spacial score (nSPS) is 11.8. The molecule has 0 aliphatic rings. The molecule has 4 nitrogen and oxygen atoms in total. The molecule has 0 saturated carbocycles. The molecule has 0 amide bonds. The molecule has 0 fully saturated rings. The lowest BCUT2D eigenvalue weighted by molar-refractivity contribution is 0.415. The fraction of sp³-hybridized carbons (Fsp3) is 0.133. The van der Waals surface area contributed by atoms with Crippen molar-refractivity contribution in [1.29, 1.82) is 0 Å². The molecule has 0 atom stereocenters. The Bertz CT molecular complexity index is 3540. The Morgan fingerprint density at radius 3 is 1.61 bits per heavy atom. The van der Waals surface area contributed by atoms with Crippen LogP contribution in [-0.2, 0) is 0 Å². The average Bonchev–Trinajstić information content (AvgIpc) is 3.68. The SMILES string of the molecule is C=C(/C=C\C=C(C)C)c1cccc(N(c2ccc(C)cc2C)c2ccc3ccc4c(N(c5ccc(C)cc5C)c5cccc6c5oc5c(C)cccc56)ccc5ccc2c3c54)c1OC. The first-order valence-corrected chi connectivity index (χ1v) is 22.1. The Hall–Kier alpha value is -7.56. The van der Waals surface area contributed by atoms with Crippen LogP contribution in [-0.4, -0.2) is 7.11 Å². The van der Waals surface area contributed by atoms with E-state index in [0.29, 0.717) is 0 Å². The summed E-state index contributed by atoms with van der Waals surface area (Å²) < 4.78 is 13.2. The predicted octanol–water partition coefficient (Wildman–Crippen LogP) is 17.5. The summed E-state index contributed by atoms with van der Waals surface area (Å²) in [4.78, 5) is 4.79. The van der Waals surface area contributed by atoms with Gasteiger partial charge in [-0.05, 0) is 129 Å². The van der Waals surface area contributed by atoms with Crippen molar-refractivity contribution >= 4 is 94.0 Å². The first-order valence-electron chi connectivity index (χ1n) is 22.1. The summed E-state index contributed by atoms with van der Waals surface area (Å²) in [5, 5.41) is 9.34. The lowest BCUT2D eigenvalue weighted by atomic mass is 9.91. The van der Waals surface area contributed by atoms with Crippen LogP contribution in [0.1, 0.15) is 47.2 Å². The van der Waals surface area contributed by atoms with Crippen molar-refractivity contribution in [1.82, 2.24) is 0 Å². The number of methoxy groups -OCH3 is 1. The number of fused-ring (bicyclic) bond motifs is 3. The largest absolute Gasteiger partial charge is 0.494 e. The minimum atomic E-state index is 0.765. The van der Waals surface area contributed by atoms with E-state index in [1.165, 1.54) is 49.4 Å². The van der Waals surface area contributed by atoms with E-state index in [9.17, 15) is 0 Å². The summed E-state index contributed by atoms with van der Waals surface area (Å²) >= 11 is 0. The standard InChI is InChI=1S/C60H52N2O2/c1-36(2)14-10-15-39(5)45-17-12-20-54(59(45)63-9)61(50-30-22-37(3)34-41(50)7)52-32-26-43-25-29-49-53(33-27-44-24-28-48(52)56(43)57(44)49)62(51-31-23-38(4)35-42(51)8)55-21-13-19-47-46-18-11-16-40(6)58(46)64-60(47)55/h10-35H,5H2,1-4,6-9H3/b15-10-. The number of hydrogen-bond acceptors (Lipinski definition) is 4. The van der Waals surface area contributed by atoms with Crippen molar-refractivity contribution in [2.45, 2.75) is 48.5 Å². The Kier molecular flexibility index (Phi) is 10.1. The summed E-state index contributed by atoms with van der Waals surface area (Å²) in [6.45, 7) is 19.5. The summed E-state index contributed by atoms with van der Waals surface area (Å²) in [7, 11) is 1.76. The molecule has 0 bridgehead atoms. The predicted molar refractivity (Wildman–Crippen MR) is 275 cm³/mol. The second-order valence-corrected chi connectivity index (χ2v) is 17.5. The third-order valence-corrected chi connectivity index (χ3v) is 12.7. The Labute approximate surface area is 376 Å². The molecule has 10 aromatic rings. The molecule has 10 rings (SSSR count). The Morgan fingerprint density at radius 2 is 1.03 bits per heavy atom. The number of nitrogens with zero attached hydrogens (tertiary/aromatic N) is 2. The van der Waals surface area contributed by atoms with Crippen molar-refractivity contribution in [3.05, 3.63) is 203 Å². The minimum absolute atomic E-state index is 0.765. The lowest BCUT2D eigenvalue weighted by Crippen LogP contribution is -2.14. The fourth-order valence-corrected chi connectivity index (χ4v) is 9.79. The molecule has 64 heavy (non-hydrogen) atoms. The van der Waals surface area contributed by atoms with Crippen molar-refractivity contribution in [2.24, 2.45) is 0 Å². The van der Waals surface area contributed by atoms with Crippen LogP contribution in [0.4, 0.5) is 34.1 Å². The molecule has 0 spiro atoms. The van der Waals surface area contributed by atoms with Gasteiger partial charge in [0.2, 0.25) is 0 Å². The molecule has 0 saturated heterocycles. The zero-order valence-corrected chi connectivity index (χ0v) is 37.9. The molecule has 1 aromatic heterocycles. The number of furan rings is 1. The van der Waals surface area contributed by atoms with E-state index in [1.54, 1.807) is 7.11 Å². The number of benzene rings is 9. The number of para-hydroxylation sites is 3. The molecule has 0 aliphatic carbocycles. The third-order valence-electron chi connectivity index (χ3n) is 12.7. The number of aryl methyl sites for hydroxylation is 5. The number of rotatable bonds is 10. The van der Waals surface area contributed by atoms with Crippen LogP contribution >= 0.6 is 0 Å². The number of ether oxygens (including phenoxy) is 1. The maximum absolute atomic E-state index is 6.87. The molecule has 0 unspecified atom stereocenters. The number of hydrogen-bond donors (Lipinski definition) is 0. The highest BCUT2D eigenvalue weighted by Gasteiger charge is 2.27. The van der Waals surface area contributed by atoms with E-state index >= 15 is 0 Å². The van der Waals surface area contributed by atoms with Crippen molar-refractivity contribution in [3.8, 4) is 5.75 Å². The van der Waals surface area contributed by atoms with Gasteiger partial charge in [-0.15, -0.1) is 0 Å². The third kappa shape index (κ3) is 6.69. The quantitative estimate of drug-likeness (QED) is 0.101. The highest BCUT2D eigenvalue weighted by Crippen LogP contribution is 2.51. The van der Waals surface area contributed by atoms with Crippen molar-refractivity contribution in [3.63, 3.8) is 0 Å². The summed E-state index contributed by atoms with van der Waals surface area (Å²) in [5.41, 5.74) is 17.0. The maximum atomic E-state index is 6.87. The number of allylic oxidation sites excluding steroid dienone is 5. The smallest absolute Gasteiger partial charge is 0.159 e. The van der Waals surface area contributed by atoms with E-state index in [4.69, 9.17) is 9.15 Å². The van der Waals surface area contributed by atoms with Gasteiger partial charge < -0.3 is 19.0 Å². The zero-order valence-electron chi connectivity index (χ0n) is 37.9. The molecule has 314 valence electrons. The fourth-order valence-electron chi connectivity index (χ4n) is 9.79. The van der Waals surface area contributed by atoms with Gasteiger partial charge in [0.15, 0.2) is 11.3 Å². The molecule has 9 aromatic carbocycles. The van der Waals surface area contributed by atoms with Gasteiger partial charge in [-0.25, -0.2) is 0 Å². The van der Waals surface area contributed by atoms with Gasteiger partial charge in [-0.2, -0.15) is 0 Å². The molecular formula is C60H52N2O2. The van der Waals surface area contributed by atoms with E-state index in [-0.39, 0.29) is 0 Å². The zero-order chi connectivity index (χ0) is 44.4. The van der Waals surface area contributed by atoms with Crippen LogP contribution in [0.3, 0.4) is 0 Å². The topological polar surface area (TPSA) is 28.9 Å². The molecule has 1 heterocycles. The van der Waals surface area contributed by atoms with Gasteiger partial charge in [0.05, 0.1) is 29.9 Å². The van der Waals surface area contributed by atoms with Crippen molar-refractivity contribution < 1.29 is 9.15 Å². The Morgan fingerprint density at radius 1 is 0.516 bits per heavy atom. The van der Waals surface area contributed by atoms with Gasteiger partial charge in [0.25, 0.3) is 0 Å². The lowest BCUT2D eigenvalue weighted by Gasteiger charge is -2.31. The van der Waals surface area contributed by atoms with Crippen LogP contribution in [0.15, 0.2) is 174 Å². The highest BCUT2D eigenvalue weighted by molar-refractivity contribution is 6.28. The van der Waals surface area contributed by atoms with Crippen LogP contribution in [0.5, 0.6) is 5.75 Å². The maximum Gasteiger partial charge on any atom is 0.159 e. The summed E-state index contributed by atoms with van der Waals surface area (Å²) in [6, 6.07) is 51.0. The molecule has 0 N–H and O–H groups in total. The van der Waals surface area contributed by atoms with E-state index in [0.717, 1.165) is 89.3 Å². The second-order valence-electron chi connectivity index (χ2n) is 17.5. The van der Waals surface area contributed by atoms with Crippen molar-refractivity contribution in [2.75, 3.05) is 16.9 Å². The Balaban J connectivity index is 1.24. The molecular weight excluding hydrogens is 781 g/mol. The van der Waals surface area contributed by atoms with Gasteiger partial charge >= 0.3 is 0 Å². The average molecular weight is 833 g/mol. The first-order chi connectivity index (χ1) is 31.0. The summed E-state index contributed by atoms with van der Waals surface area (Å²) in [6.07, 6.45) is 6.21. The molecule has 0 aliphatic heterocycles. The number of anilines is 6. The second kappa shape index (κ2) is 16.0. The minimum Gasteiger partial charge on any atom is -0.494 e. The monoisotopic (exact) mass is 832 g/mol. The van der Waals surface area contributed by atoms with Crippen LogP contribution in [0.2, 0.25) is 0 Å². The van der Waals surface area contributed by atoms with Crippen LogP contribution in [0.25, 0.3) is 59.8 Å². The van der Waals surface area contributed by atoms with Crippen LogP contribution in [0, 0.1) is 34.6 Å². The molecule has 0 radical (unpaired) electrons. The van der Waals surface area contributed by atoms with Gasteiger partial charge in [-0.3, -0.25) is 0 Å². The first kappa shape index (κ1) is 40.5. The van der Waals surface area contributed by atoms with Gasteiger partial charge in [-0.1, -0.05) is 145 Å². The van der Waals surface area contributed by atoms with E-state index in [1.807, 2.05) is 0 Å². The van der Waals surface area contributed by atoms with E-state index in [2.05, 4.69) is 223 Å². The molecule has 4 heteroatoms. The summed E-state index contributed by atoms with van der Waals surface area (Å²) in [5.74, 6) is 0.765. The van der Waals surface area contributed by atoms with Gasteiger partial charge in [0, 0.05) is 38.5 Å². The van der Waals surface area contributed by atoms with E-state index < -0.39 is 0 Å². The van der Waals surface area contributed by atoms with Crippen LogP contribution < -0.4 is 14.5 Å². The highest BCUT2D eigenvalue weighted by atomic mass is 16.5. The van der Waals surface area contributed by atoms with Gasteiger partial charge in [0.1, 0.15) is 5.58 Å².